The minimum Gasteiger partial charge on any atom is -0.0844 e. The van der Waals surface area contributed by atoms with Crippen molar-refractivity contribution >= 4 is 11.6 Å². The molecule has 10 heavy (non-hydrogen) atoms. The summed E-state index contributed by atoms with van der Waals surface area (Å²) in [7, 11) is 0. The van der Waals surface area contributed by atoms with Gasteiger partial charge in [-0.1, -0.05) is 29.7 Å². The van der Waals surface area contributed by atoms with Crippen molar-refractivity contribution in [3.05, 3.63) is 22.3 Å². The van der Waals surface area contributed by atoms with Crippen LogP contribution < -0.4 is 0 Å². The van der Waals surface area contributed by atoms with Gasteiger partial charge in [0.15, 0.2) is 0 Å². The van der Waals surface area contributed by atoms with Crippen LogP contribution in [0.4, 0.5) is 0 Å². The second-order valence-corrected chi connectivity index (χ2v) is 3.11. The lowest BCUT2D eigenvalue weighted by atomic mass is 10.2. The number of hydrogen-bond acceptors (Lipinski definition) is 0. The van der Waals surface area contributed by atoms with E-state index < -0.39 is 0 Å². The van der Waals surface area contributed by atoms with E-state index >= 15 is 0 Å². The first-order chi connectivity index (χ1) is 4.57. The van der Waals surface area contributed by atoms with Gasteiger partial charge in [0.05, 0.1) is 0 Å². The highest BCUT2D eigenvalue weighted by molar-refractivity contribution is 6.31. The Labute approximate surface area is 68.6 Å². The molecule has 0 nitrogen and oxygen atoms in total. The van der Waals surface area contributed by atoms with Gasteiger partial charge in [-0.05, 0) is 33.3 Å². The van der Waals surface area contributed by atoms with Crippen molar-refractivity contribution in [2.45, 2.75) is 34.1 Å². The van der Waals surface area contributed by atoms with E-state index in [1.165, 1.54) is 11.1 Å². The van der Waals surface area contributed by atoms with E-state index in [1.54, 1.807) is 0 Å². The molecule has 0 spiro atoms. The normalized spacial score (nSPS) is 12.5. The molecule has 0 unspecified atom stereocenters. The van der Waals surface area contributed by atoms with Gasteiger partial charge in [-0.2, -0.15) is 0 Å². The molecule has 58 valence electrons. The summed E-state index contributed by atoms with van der Waals surface area (Å²) < 4.78 is 0. The SMILES string of the molecule is CC/C(C)=C(/Cl)C=C(C)C. The number of allylic oxidation sites excluding steroid dienone is 4. The van der Waals surface area contributed by atoms with Crippen LogP contribution in [0.2, 0.25) is 0 Å². The molecular formula is C9H15Cl. The van der Waals surface area contributed by atoms with Crippen LogP contribution in [0, 0.1) is 0 Å². The summed E-state index contributed by atoms with van der Waals surface area (Å²) in [6.45, 7) is 8.26. The Hall–Kier alpha value is -0.230. The first-order valence-electron chi connectivity index (χ1n) is 3.58. The predicted octanol–water partition coefficient (Wildman–Crippen LogP) is 3.88. The zero-order valence-electron chi connectivity index (χ0n) is 7.16. The summed E-state index contributed by atoms with van der Waals surface area (Å²) in [5.41, 5.74) is 2.50. The van der Waals surface area contributed by atoms with Gasteiger partial charge in [-0.25, -0.2) is 0 Å². The molecule has 0 N–H and O–H groups in total. The monoisotopic (exact) mass is 158 g/mol. The Bertz CT molecular complexity index is 160. The first-order valence-corrected chi connectivity index (χ1v) is 3.95. The highest BCUT2D eigenvalue weighted by Crippen LogP contribution is 2.14. The Balaban J connectivity index is 4.33. The van der Waals surface area contributed by atoms with Gasteiger partial charge in [0.1, 0.15) is 0 Å². The molecule has 0 bridgehead atoms. The molecule has 0 aromatic carbocycles. The molecule has 0 amide bonds. The molecule has 0 fully saturated rings. The van der Waals surface area contributed by atoms with E-state index in [1.807, 2.05) is 19.9 Å². The average molecular weight is 159 g/mol. The number of rotatable bonds is 2. The smallest absolute Gasteiger partial charge is 0.0394 e. The van der Waals surface area contributed by atoms with Crippen LogP contribution in [0.15, 0.2) is 22.3 Å². The average Bonchev–Trinajstić information content (AvgIpc) is 1.85. The fraction of sp³-hybridized carbons (Fsp3) is 0.556. The van der Waals surface area contributed by atoms with Gasteiger partial charge in [0.2, 0.25) is 0 Å². The van der Waals surface area contributed by atoms with Crippen molar-refractivity contribution in [2.75, 3.05) is 0 Å². The second-order valence-electron chi connectivity index (χ2n) is 2.70. The number of hydrogen-bond donors (Lipinski definition) is 0. The van der Waals surface area contributed by atoms with Crippen molar-refractivity contribution in [2.24, 2.45) is 0 Å². The minimum atomic E-state index is 0.891. The fourth-order valence-electron chi connectivity index (χ4n) is 0.546. The van der Waals surface area contributed by atoms with E-state index in [9.17, 15) is 0 Å². The van der Waals surface area contributed by atoms with Crippen molar-refractivity contribution in [1.29, 1.82) is 0 Å². The predicted molar refractivity (Wildman–Crippen MR) is 48.3 cm³/mol. The molecule has 0 atom stereocenters. The molecule has 0 radical (unpaired) electrons. The summed E-state index contributed by atoms with van der Waals surface area (Å²) >= 11 is 5.93. The highest BCUT2D eigenvalue weighted by atomic mass is 35.5. The Morgan fingerprint density at radius 3 is 2.10 bits per heavy atom. The lowest BCUT2D eigenvalue weighted by Gasteiger charge is -1.97. The Morgan fingerprint density at radius 2 is 1.80 bits per heavy atom. The molecule has 0 saturated heterocycles. The summed E-state index contributed by atoms with van der Waals surface area (Å²) in [6, 6.07) is 0. The van der Waals surface area contributed by atoms with Crippen molar-refractivity contribution in [1.82, 2.24) is 0 Å². The summed E-state index contributed by atoms with van der Waals surface area (Å²) in [4.78, 5) is 0. The maximum absolute atomic E-state index is 5.93. The van der Waals surface area contributed by atoms with Crippen molar-refractivity contribution in [3.8, 4) is 0 Å². The molecule has 1 heteroatoms. The topological polar surface area (TPSA) is 0 Å². The molecule has 0 aliphatic carbocycles. The highest BCUT2D eigenvalue weighted by Gasteiger charge is 1.91. The van der Waals surface area contributed by atoms with Gasteiger partial charge in [0.25, 0.3) is 0 Å². The molecular weight excluding hydrogens is 144 g/mol. The zero-order chi connectivity index (χ0) is 8.15. The molecule has 0 aromatic rings. The van der Waals surface area contributed by atoms with Crippen LogP contribution in [0.25, 0.3) is 0 Å². The standard InChI is InChI=1S/C9H15Cl/c1-5-8(4)9(10)6-7(2)3/h6H,5H2,1-4H3/b9-8+. The van der Waals surface area contributed by atoms with Crippen LogP contribution in [0.5, 0.6) is 0 Å². The van der Waals surface area contributed by atoms with Gasteiger partial charge < -0.3 is 0 Å². The van der Waals surface area contributed by atoms with Gasteiger partial charge in [-0.3, -0.25) is 0 Å². The lowest BCUT2D eigenvalue weighted by Crippen LogP contribution is -1.76. The van der Waals surface area contributed by atoms with Crippen molar-refractivity contribution in [3.63, 3.8) is 0 Å². The number of halogens is 1. The van der Waals surface area contributed by atoms with E-state index in [-0.39, 0.29) is 0 Å². The molecule has 0 rings (SSSR count). The third-order valence-corrected chi connectivity index (χ3v) is 1.79. The Kier molecular flexibility index (Phi) is 4.46. The third-order valence-electron chi connectivity index (χ3n) is 1.35. The lowest BCUT2D eigenvalue weighted by molar-refractivity contribution is 1.09. The first kappa shape index (κ1) is 9.77. The second kappa shape index (κ2) is 4.56. The summed E-state index contributed by atoms with van der Waals surface area (Å²) in [5.74, 6) is 0. The van der Waals surface area contributed by atoms with E-state index in [2.05, 4.69) is 13.8 Å². The van der Waals surface area contributed by atoms with Gasteiger partial charge in [0, 0.05) is 5.03 Å². The maximum Gasteiger partial charge on any atom is 0.0394 e. The molecule has 0 aromatic heterocycles. The van der Waals surface area contributed by atoms with Crippen LogP contribution in [-0.4, -0.2) is 0 Å². The quantitative estimate of drug-likeness (QED) is 0.536. The van der Waals surface area contributed by atoms with Crippen LogP contribution in [-0.2, 0) is 0 Å². The third kappa shape index (κ3) is 3.73. The Morgan fingerprint density at radius 1 is 1.30 bits per heavy atom. The van der Waals surface area contributed by atoms with E-state index in [0.29, 0.717) is 0 Å². The molecule has 0 aliphatic heterocycles. The maximum atomic E-state index is 5.93. The van der Waals surface area contributed by atoms with Crippen LogP contribution >= 0.6 is 11.6 Å². The summed E-state index contributed by atoms with van der Waals surface area (Å²) in [6.07, 6.45) is 3.03. The largest absolute Gasteiger partial charge is 0.0844 e. The van der Waals surface area contributed by atoms with Gasteiger partial charge >= 0.3 is 0 Å². The van der Waals surface area contributed by atoms with Crippen LogP contribution in [0.3, 0.4) is 0 Å². The molecule has 0 saturated carbocycles. The van der Waals surface area contributed by atoms with Crippen LogP contribution in [0.1, 0.15) is 34.1 Å². The zero-order valence-corrected chi connectivity index (χ0v) is 7.92. The van der Waals surface area contributed by atoms with E-state index in [0.717, 1.165) is 11.5 Å². The summed E-state index contributed by atoms with van der Waals surface area (Å²) in [5, 5.41) is 0.891. The molecule has 0 heterocycles. The van der Waals surface area contributed by atoms with Crippen molar-refractivity contribution < 1.29 is 0 Å². The fourth-order valence-corrected chi connectivity index (χ4v) is 0.897. The minimum absolute atomic E-state index is 0.891. The van der Waals surface area contributed by atoms with Gasteiger partial charge in [-0.15, -0.1) is 0 Å². The van der Waals surface area contributed by atoms with E-state index in [4.69, 9.17) is 11.6 Å². The molecule has 0 aliphatic rings.